The van der Waals surface area contributed by atoms with E-state index < -0.39 is 11.2 Å². The Morgan fingerprint density at radius 3 is 2.59 bits per heavy atom. The number of rotatable bonds is 2. The summed E-state index contributed by atoms with van der Waals surface area (Å²) in [5.41, 5.74) is 2.30. The fraction of sp³-hybridized carbons (Fsp3) is 0.417. The number of benzene rings is 1. The summed E-state index contributed by atoms with van der Waals surface area (Å²) in [6.45, 7) is 0. The second kappa shape index (κ2) is 4.63. The maximum atomic E-state index is 13.1. The highest BCUT2D eigenvalue weighted by molar-refractivity contribution is 6.30. The van der Waals surface area contributed by atoms with E-state index in [0.29, 0.717) is 0 Å². The molecule has 0 aliphatic heterocycles. The lowest BCUT2D eigenvalue weighted by Crippen LogP contribution is -2.45. The van der Waals surface area contributed by atoms with E-state index in [1.165, 1.54) is 12.1 Å². The number of hydrogen-bond donors (Lipinski definition) is 2. The van der Waals surface area contributed by atoms with E-state index in [4.69, 9.17) is 17.4 Å². The van der Waals surface area contributed by atoms with Gasteiger partial charge in [0.15, 0.2) is 0 Å². The zero-order valence-corrected chi connectivity index (χ0v) is 10.1. The van der Waals surface area contributed by atoms with Gasteiger partial charge in [0.1, 0.15) is 5.82 Å². The number of carbonyl (C=O) groups excluding carboxylic acids is 1. The Morgan fingerprint density at radius 1 is 1.41 bits per heavy atom. The van der Waals surface area contributed by atoms with Crippen LogP contribution in [0.1, 0.15) is 31.2 Å². The van der Waals surface area contributed by atoms with E-state index >= 15 is 0 Å². The minimum Gasteiger partial charge on any atom is -0.293 e. The van der Waals surface area contributed by atoms with Crippen LogP contribution in [0.15, 0.2) is 18.2 Å². The number of halogens is 2. The maximum Gasteiger partial charge on any atom is 0.244 e. The molecule has 1 aromatic rings. The van der Waals surface area contributed by atoms with Crippen molar-refractivity contribution in [3.05, 3.63) is 34.6 Å². The van der Waals surface area contributed by atoms with Gasteiger partial charge < -0.3 is 0 Å². The van der Waals surface area contributed by atoms with Crippen molar-refractivity contribution in [2.45, 2.75) is 31.1 Å². The summed E-state index contributed by atoms with van der Waals surface area (Å²) in [5.74, 6) is 4.54. The Bertz CT molecular complexity index is 444. The molecule has 1 saturated carbocycles. The smallest absolute Gasteiger partial charge is 0.244 e. The van der Waals surface area contributed by atoms with Crippen LogP contribution in [0.2, 0.25) is 5.02 Å². The molecular formula is C12H14ClFN2O. The van der Waals surface area contributed by atoms with Crippen LogP contribution < -0.4 is 11.3 Å². The summed E-state index contributed by atoms with van der Waals surface area (Å²) in [5, 5.41) is 0.0404. The number of hydrogen-bond acceptors (Lipinski definition) is 2. The molecule has 3 nitrogen and oxygen atoms in total. The number of nitrogens with one attached hydrogen (secondary N) is 1. The zero-order valence-electron chi connectivity index (χ0n) is 9.30. The number of hydrazine groups is 1. The molecule has 0 unspecified atom stereocenters. The molecular weight excluding hydrogens is 243 g/mol. The van der Waals surface area contributed by atoms with Crippen molar-refractivity contribution in [3.8, 4) is 0 Å². The van der Waals surface area contributed by atoms with Crippen molar-refractivity contribution in [2.24, 2.45) is 5.84 Å². The summed E-state index contributed by atoms with van der Waals surface area (Å²) in [4.78, 5) is 12.0. The molecule has 92 valence electrons. The van der Waals surface area contributed by atoms with Crippen molar-refractivity contribution < 1.29 is 9.18 Å². The van der Waals surface area contributed by atoms with Crippen LogP contribution in [0.4, 0.5) is 4.39 Å². The van der Waals surface area contributed by atoms with E-state index in [0.717, 1.165) is 31.2 Å². The third-order valence-corrected chi connectivity index (χ3v) is 3.78. The molecule has 5 heteroatoms. The standard InChI is InChI=1S/C12H14ClFN2O/c13-9-7-8(3-4-10(9)14)12(11(17)16-15)5-1-2-6-12/h3-4,7H,1-2,5-6,15H2,(H,16,17). The van der Waals surface area contributed by atoms with Gasteiger partial charge in [-0.2, -0.15) is 0 Å². The van der Waals surface area contributed by atoms with Crippen LogP contribution in [0.25, 0.3) is 0 Å². The Morgan fingerprint density at radius 2 is 2.06 bits per heavy atom. The summed E-state index contributed by atoms with van der Waals surface area (Å²) < 4.78 is 13.1. The average molecular weight is 257 g/mol. The Balaban J connectivity index is 2.46. The third-order valence-electron chi connectivity index (χ3n) is 3.50. The largest absolute Gasteiger partial charge is 0.293 e. The molecule has 0 atom stereocenters. The Kier molecular flexibility index (Phi) is 3.35. The molecule has 0 spiro atoms. The van der Waals surface area contributed by atoms with Crippen LogP contribution >= 0.6 is 11.6 Å². The van der Waals surface area contributed by atoms with Crippen molar-refractivity contribution in [1.82, 2.24) is 5.43 Å². The number of amides is 1. The SMILES string of the molecule is NNC(=O)C1(c2ccc(F)c(Cl)c2)CCCC1. The Labute approximate surface area is 104 Å². The molecule has 2 rings (SSSR count). The van der Waals surface area contributed by atoms with Crippen molar-refractivity contribution in [3.63, 3.8) is 0 Å². The maximum absolute atomic E-state index is 13.1. The van der Waals surface area contributed by atoms with E-state index in [1.807, 2.05) is 0 Å². The molecule has 1 fully saturated rings. The van der Waals surface area contributed by atoms with Crippen molar-refractivity contribution >= 4 is 17.5 Å². The van der Waals surface area contributed by atoms with Crippen LogP contribution in [0, 0.1) is 5.82 Å². The second-order valence-corrected chi connectivity index (χ2v) is 4.80. The van der Waals surface area contributed by atoms with Crippen LogP contribution in [0.3, 0.4) is 0 Å². The first-order valence-electron chi connectivity index (χ1n) is 5.57. The summed E-state index contributed by atoms with van der Waals surface area (Å²) in [6, 6.07) is 4.43. The fourth-order valence-corrected chi connectivity index (χ4v) is 2.74. The van der Waals surface area contributed by atoms with Gasteiger partial charge in [-0.05, 0) is 30.5 Å². The zero-order chi connectivity index (χ0) is 12.5. The molecule has 0 aromatic heterocycles. The number of nitrogens with two attached hydrogens (primary N) is 1. The minimum absolute atomic E-state index is 0.0404. The molecule has 1 aliphatic carbocycles. The van der Waals surface area contributed by atoms with E-state index in [-0.39, 0.29) is 10.9 Å². The third kappa shape index (κ3) is 2.03. The van der Waals surface area contributed by atoms with Crippen molar-refractivity contribution in [2.75, 3.05) is 0 Å². The molecule has 0 saturated heterocycles. The van der Waals surface area contributed by atoms with Gasteiger partial charge in [-0.3, -0.25) is 10.2 Å². The first kappa shape index (κ1) is 12.3. The van der Waals surface area contributed by atoms with Gasteiger partial charge in [0.2, 0.25) is 5.91 Å². The lowest BCUT2D eigenvalue weighted by atomic mass is 9.78. The van der Waals surface area contributed by atoms with Crippen LogP contribution in [0.5, 0.6) is 0 Å². The van der Waals surface area contributed by atoms with Gasteiger partial charge in [0.05, 0.1) is 10.4 Å². The van der Waals surface area contributed by atoms with Gasteiger partial charge in [0.25, 0.3) is 0 Å². The van der Waals surface area contributed by atoms with E-state index in [9.17, 15) is 9.18 Å². The molecule has 0 radical (unpaired) electrons. The number of carbonyl (C=O) groups is 1. The highest BCUT2D eigenvalue weighted by atomic mass is 35.5. The van der Waals surface area contributed by atoms with E-state index in [2.05, 4.69) is 5.43 Å². The molecule has 1 amide bonds. The quantitative estimate of drug-likeness (QED) is 0.485. The van der Waals surface area contributed by atoms with E-state index in [1.54, 1.807) is 6.07 Å². The normalized spacial score (nSPS) is 18.1. The van der Waals surface area contributed by atoms with Gasteiger partial charge in [-0.25, -0.2) is 10.2 Å². The Hall–Kier alpha value is -1.13. The predicted octanol–water partition coefficient (Wildman–Crippen LogP) is 2.28. The molecule has 17 heavy (non-hydrogen) atoms. The molecule has 3 N–H and O–H groups in total. The van der Waals surface area contributed by atoms with Crippen molar-refractivity contribution in [1.29, 1.82) is 0 Å². The molecule has 0 heterocycles. The first-order chi connectivity index (χ1) is 8.10. The highest BCUT2D eigenvalue weighted by Gasteiger charge is 2.42. The molecule has 0 bridgehead atoms. The van der Waals surface area contributed by atoms with Gasteiger partial charge in [-0.15, -0.1) is 0 Å². The highest BCUT2D eigenvalue weighted by Crippen LogP contribution is 2.42. The summed E-state index contributed by atoms with van der Waals surface area (Å²) in [6.07, 6.45) is 3.36. The minimum atomic E-state index is -0.647. The topological polar surface area (TPSA) is 55.1 Å². The monoisotopic (exact) mass is 256 g/mol. The molecule has 1 aliphatic rings. The second-order valence-electron chi connectivity index (χ2n) is 4.39. The fourth-order valence-electron chi connectivity index (χ4n) is 2.56. The summed E-state index contributed by atoms with van der Waals surface area (Å²) in [7, 11) is 0. The van der Waals surface area contributed by atoms with Gasteiger partial charge >= 0.3 is 0 Å². The lowest BCUT2D eigenvalue weighted by Gasteiger charge is -2.27. The molecule has 1 aromatic carbocycles. The lowest BCUT2D eigenvalue weighted by molar-refractivity contribution is -0.126. The average Bonchev–Trinajstić information content (AvgIpc) is 2.82. The summed E-state index contributed by atoms with van der Waals surface area (Å²) >= 11 is 5.76. The van der Waals surface area contributed by atoms with Crippen LogP contribution in [-0.4, -0.2) is 5.91 Å². The van der Waals surface area contributed by atoms with Crippen LogP contribution in [-0.2, 0) is 10.2 Å². The first-order valence-corrected chi connectivity index (χ1v) is 5.94. The van der Waals surface area contributed by atoms with Gasteiger partial charge in [0, 0.05) is 0 Å². The van der Waals surface area contributed by atoms with Gasteiger partial charge in [-0.1, -0.05) is 30.5 Å². The predicted molar refractivity (Wildman–Crippen MR) is 63.9 cm³/mol.